The van der Waals surface area contributed by atoms with Crippen LogP contribution in [0.25, 0.3) is 0 Å². The van der Waals surface area contributed by atoms with Gasteiger partial charge in [-0.2, -0.15) is 0 Å². The highest BCUT2D eigenvalue weighted by molar-refractivity contribution is 5.73. The van der Waals surface area contributed by atoms with E-state index in [1.807, 2.05) is 19.0 Å². The monoisotopic (exact) mass is 882 g/mol. The molecular weight excluding hydrogens is 787 g/mol. The van der Waals surface area contributed by atoms with Gasteiger partial charge in [-0.15, -0.1) is 0 Å². The molecule has 0 saturated carbocycles. The normalized spacial score (nSPS) is 12.8. The molecule has 62 heavy (non-hydrogen) atoms. The highest BCUT2D eigenvalue weighted by Gasteiger charge is 2.22. The lowest BCUT2D eigenvalue weighted by Gasteiger charge is -2.19. The second-order valence-corrected chi connectivity index (χ2v) is 17.8. The molecule has 0 aliphatic carbocycles. The summed E-state index contributed by atoms with van der Waals surface area (Å²) < 4.78 is 27.8. The smallest absolute Gasteiger partial charge is 0.308 e. The molecule has 0 aromatic heterocycles. The van der Waals surface area contributed by atoms with E-state index < -0.39 is 24.0 Å². The van der Waals surface area contributed by atoms with Gasteiger partial charge in [0.05, 0.1) is 25.0 Å². The third-order valence-corrected chi connectivity index (χ3v) is 11.5. The van der Waals surface area contributed by atoms with Crippen LogP contribution in [0.3, 0.4) is 0 Å². The minimum absolute atomic E-state index is 0.0653. The summed E-state index contributed by atoms with van der Waals surface area (Å²) in [5.74, 6) is -1.77. The largest absolute Gasteiger partial charge is 0.465 e. The first kappa shape index (κ1) is 59.3. The molecule has 0 amide bonds. The molecule has 0 bridgehead atoms. The summed E-state index contributed by atoms with van der Waals surface area (Å²) in [6.45, 7) is 9.58. The molecule has 11 heteroatoms. The number of carbonyl (C=O) groups is 5. The molecule has 0 spiro atoms. The first-order valence-corrected chi connectivity index (χ1v) is 25.6. The zero-order valence-electron chi connectivity index (χ0n) is 40.9. The van der Waals surface area contributed by atoms with Crippen LogP contribution in [0.5, 0.6) is 0 Å². The fraction of sp³-hybridized carbons (Fsp3) is 0.902. The molecule has 0 heterocycles. The minimum Gasteiger partial charge on any atom is -0.465 e. The number of nitrogens with zero attached hydrogens (tertiary/aromatic N) is 1. The van der Waals surface area contributed by atoms with E-state index in [0.29, 0.717) is 32.1 Å². The Morgan fingerprint density at radius 3 is 1.11 bits per heavy atom. The molecule has 3 unspecified atom stereocenters. The van der Waals surface area contributed by atoms with Crippen molar-refractivity contribution >= 4 is 29.8 Å². The molecule has 0 aliphatic rings. The van der Waals surface area contributed by atoms with Crippen molar-refractivity contribution in [1.82, 2.24) is 4.90 Å². The fourth-order valence-electron chi connectivity index (χ4n) is 7.48. The van der Waals surface area contributed by atoms with Crippen molar-refractivity contribution in [2.45, 2.75) is 239 Å². The highest BCUT2D eigenvalue weighted by atomic mass is 16.6. The zero-order valence-corrected chi connectivity index (χ0v) is 40.9. The molecule has 0 aliphatic heterocycles. The number of hydrogen-bond acceptors (Lipinski definition) is 11. The molecule has 0 fully saturated rings. The Morgan fingerprint density at radius 2 is 0.726 bits per heavy atom. The molecule has 0 radical (unpaired) electrons. The van der Waals surface area contributed by atoms with Gasteiger partial charge < -0.3 is 28.6 Å². The Bertz CT molecular complexity index is 1100. The fourth-order valence-corrected chi connectivity index (χ4v) is 7.48. The van der Waals surface area contributed by atoms with E-state index >= 15 is 0 Å². The predicted octanol–water partition coefficient (Wildman–Crippen LogP) is 12.4. The lowest BCUT2D eigenvalue weighted by atomic mass is 9.94. The van der Waals surface area contributed by atoms with Gasteiger partial charge in [-0.25, -0.2) is 0 Å². The summed E-state index contributed by atoms with van der Waals surface area (Å²) in [5, 5.41) is 0. The predicted molar refractivity (Wildman–Crippen MR) is 250 cm³/mol. The molecule has 0 aromatic rings. The molecule has 364 valence electrons. The molecule has 0 saturated heterocycles. The topological polar surface area (TPSA) is 135 Å². The molecule has 0 rings (SSSR count). The van der Waals surface area contributed by atoms with Gasteiger partial charge in [-0.3, -0.25) is 24.0 Å². The average Bonchev–Trinajstić information content (AvgIpc) is 3.25. The summed E-state index contributed by atoms with van der Waals surface area (Å²) >= 11 is 0. The van der Waals surface area contributed by atoms with Crippen molar-refractivity contribution in [2.24, 2.45) is 11.8 Å². The van der Waals surface area contributed by atoms with E-state index in [9.17, 15) is 24.0 Å². The Hall–Kier alpha value is -2.69. The van der Waals surface area contributed by atoms with Crippen LogP contribution in [0.2, 0.25) is 0 Å². The van der Waals surface area contributed by atoms with Gasteiger partial charge in [0.1, 0.15) is 13.2 Å². The van der Waals surface area contributed by atoms with E-state index in [-0.39, 0.29) is 69.5 Å². The lowest BCUT2D eigenvalue weighted by molar-refractivity contribution is -0.167. The number of ether oxygens (including phenoxy) is 5. The Balaban J connectivity index is 4.89. The standard InChI is InChI=1S/C51H95NO10/c1-7-11-15-19-21-25-34-44(32-23-17-13-9-3)50(56)58-40-29-27-36-47(53)60-42-46(43-61-48(54)38-31-39-52(5)6)62-49(55)37-28-30-41-59-51(57)45(33-24-18-14-10-4)35-26-22-20-16-12-8-2/h44-46H,7-43H2,1-6H3. The van der Waals surface area contributed by atoms with Gasteiger partial charge in [-0.1, -0.05) is 156 Å². The first-order chi connectivity index (χ1) is 30.1. The summed E-state index contributed by atoms with van der Waals surface area (Å²) in [7, 11) is 3.86. The SMILES string of the molecule is CCCCCCCCC(CCCCCC)C(=O)OCCCCC(=O)OCC(COC(=O)CCCN(C)C)OC(=O)CCCCOC(=O)C(CCCCCC)CCCCCCCC. The summed E-state index contributed by atoms with van der Waals surface area (Å²) in [6.07, 6.45) is 28.9. The van der Waals surface area contributed by atoms with E-state index in [0.717, 1.165) is 96.4 Å². The van der Waals surface area contributed by atoms with Crippen LogP contribution >= 0.6 is 0 Å². The third-order valence-electron chi connectivity index (χ3n) is 11.5. The summed E-state index contributed by atoms with van der Waals surface area (Å²) in [6, 6.07) is 0. The number of unbranched alkanes of at least 4 members (excludes halogenated alkanes) is 18. The molecule has 11 nitrogen and oxygen atoms in total. The van der Waals surface area contributed by atoms with Gasteiger partial charge in [0.15, 0.2) is 6.10 Å². The molecular formula is C51H95NO10. The van der Waals surface area contributed by atoms with Crippen LogP contribution in [0, 0.1) is 11.8 Å². The van der Waals surface area contributed by atoms with E-state index in [1.54, 1.807) is 0 Å². The number of esters is 5. The van der Waals surface area contributed by atoms with E-state index in [4.69, 9.17) is 23.7 Å². The first-order valence-electron chi connectivity index (χ1n) is 25.6. The Kier molecular flexibility index (Phi) is 41.7. The molecule has 0 aromatic carbocycles. The van der Waals surface area contributed by atoms with Gasteiger partial charge >= 0.3 is 29.8 Å². The van der Waals surface area contributed by atoms with Crippen LogP contribution < -0.4 is 0 Å². The van der Waals surface area contributed by atoms with Gasteiger partial charge in [0.25, 0.3) is 0 Å². The number of hydrogen-bond donors (Lipinski definition) is 0. The number of rotatable bonds is 45. The highest BCUT2D eigenvalue weighted by Crippen LogP contribution is 2.22. The van der Waals surface area contributed by atoms with Crippen molar-refractivity contribution in [2.75, 3.05) is 47.1 Å². The third kappa shape index (κ3) is 37.8. The number of carbonyl (C=O) groups excluding carboxylic acids is 5. The Labute approximate surface area is 379 Å². The summed E-state index contributed by atoms with van der Waals surface area (Å²) in [5.41, 5.74) is 0. The molecule has 0 N–H and O–H groups in total. The van der Waals surface area contributed by atoms with Gasteiger partial charge in [-0.05, 0) is 78.4 Å². The van der Waals surface area contributed by atoms with Gasteiger partial charge in [0.2, 0.25) is 0 Å². The van der Waals surface area contributed by atoms with Crippen molar-refractivity contribution in [1.29, 1.82) is 0 Å². The van der Waals surface area contributed by atoms with Crippen molar-refractivity contribution in [3.05, 3.63) is 0 Å². The maximum atomic E-state index is 13.0. The quantitative estimate of drug-likeness (QED) is 0.0328. The average molecular weight is 882 g/mol. The van der Waals surface area contributed by atoms with E-state index in [2.05, 4.69) is 27.7 Å². The maximum absolute atomic E-state index is 13.0. The van der Waals surface area contributed by atoms with Crippen molar-refractivity contribution in [3.8, 4) is 0 Å². The maximum Gasteiger partial charge on any atom is 0.308 e. The van der Waals surface area contributed by atoms with Crippen LogP contribution in [-0.2, 0) is 47.7 Å². The van der Waals surface area contributed by atoms with E-state index in [1.165, 1.54) is 64.2 Å². The Morgan fingerprint density at radius 1 is 0.387 bits per heavy atom. The van der Waals surface area contributed by atoms with Gasteiger partial charge in [0, 0.05) is 19.3 Å². The molecule has 3 atom stereocenters. The zero-order chi connectivity index (χ0) is 45.9. The second kappa shape index (κ2) is 43.6. The van der Waals surface area contributed by atoms with Crippen LogP contribution in [0.15, 0.2) is 0 Å². The second-order valence-electron chi connectivity index (χ2n) is 17.8. The van der Waals surface area contributed by atoms with Crippen LogP contribution in [0.4, 0.5) is 0 Å². The van der Waals surface area contributed by atoms with Crippen molar-refractivity contribution < 1.29 is 47.7 Å². The van der Waals surface area contributed by atoms with Crippen LogP contribution in [0.1, 0.15) is 233 Å². The minimum atomic E-state index is -0.945. The van der Waals surface area contributed by atoms with Crippen molar-refractivity contribution in [3.63, 3.8) is 0 Å². The summed E-state index contributed by atoms with van der Waals surface area (Å²) in [4.78, 5) is 65.9. The van der Waals surface area contributed by atoms with Crippen LogP contribution in [-0.4, -0.2) is 87.9 Å². The lowest BCUT2D eigenvalue weighted by Crippen LogP contribution is -2.31.